The van der Waals surface area contributed by atoms with Crippen molar-refractivity contribution >= 4 is 11.9 Å². The molecule has 1 saturated carbocycles. The van der Waals surface area contributed by atoms with E-state index in [0.717, 1.165) is 50.3 Å². The van der Waals surface area contributed by atoms with E-state index in [2.05, 4.69) is 0 Å². The van der Waals surface area contributed by atoms with Crippen LogP contribution in [0.5, 0.6) is 0 Å². The minimum Gasteiger partial charge on any atom is -0.478 e. The van der Waals surface area contributed by atoms with E-state index < -0.39 is 5.97 Å². The first-order valence-electron chi connectivity index (χ1n) is 9.22. The summed E-state index contributed by atoms with van der Waals surface area (Å²) in [4.78, 5) is 25.6. The monoisotopic (exact) mass is 329 g/mol. The number of rotatable bonds is 6. The van der Waals surface area contributed by atoms with Crippen LogP contribution < -0.4 is 0 Å². The molecule has 0 bridgehead atoms. The zero-order valence-corrected chi connectivity index (χ0v) is 14.2. The first-order chi connectivity index (χ1) is 11.6. The summed E-state index contributed by atoms with van der Waals surface area (Å²) in [6, 6.07) is 7.27. The molecule has 1 amide bonds. The minimum absolute atomic E-state index is 0.311. The molecule has 0 atom stereocenters. The lowest BCUT2D eigenvalue weighted by atomic mass is 9.82. The van der Waals surface area contributed by atoms with Gasteiger partial charge >= 0.3 is 5.97 Å². The molecule has 1 aliphatic carbocycles. The molecule has 0 spiro atoms. The Morgan fingerprint density at radius 3 is 2.38 bits per heavy atom. The number of nitrogens with zero attached hydrogens (tertiary/aromatic N) is 1. The Morgan fingerprint density at radius 1 is 1.04 bits per heavy atom. The van der Waals surface area contributed by atoms with Crippen LogP contribution in [-0.4, -0.2) is 35.0 Å². The number of benzene rings is 1. The van der Waals surface area contributed by atoms with Crippen molar-refractivity contribution in [2.75, 3.05) is 13.1 Å². The van der Waals surface area contributed by atoms with Crippen LogP contribution in [0.4, 0.5) is 0 Å². The molecule has 0 aromatic heterocycles. The van der Waals surface area contributed by atoms with Crippen molar-refractivity contribution in [3.63, 3.8) is 0 Å². The van der Waals surface area contributed by atoms with Crippen LogP contribution in [0.25, 0.3) is 0 Å². The van der Waals surface area contributed by atoms with E-state index in [-0.39, 0.29) is 0 Å². The summed E-state index contributed by atoms with van der Waals surface area (Å²) >= 11 is 0. The van der Waals surface area contributed by atoms with Crippen LogP contribution >= 0.6 is 0 Å². The van der Waals surface area contributed by atoms with Gasteiger partial charge in [-0.3, -0.25) is 4.79 Å². The molecule has 4 heteroatoms. The second kappa shape index (κ2) is 7.82. The lowest BCUT2D eigenvalue weighted by molar-refractivity contribution is -0.133. The van der Waals surface area contributed by atoms with Crippen molar-refractivity contribution in [1.29, 1.82) is 0 Å². The van der Waals surface area contributed by atoms with Gasteiger partial charge in [0.2, 0.25) is 5.91 Å². The normalized spacial score (nSPS) is 19.1. The number of hydrogen-bond donors (Lipinski definition) is 1. The summed E-state index contributed by atoms with van der Waals surface area (Å²) in [5, 5.41) is 9.29. The smallest absolute Gasteiger partial charge is 0.335 e. The second-order valence-corrected chi connectivity index (χ2v) is 7.33. The van der Waals surface area contributed by atoms with E-state index in [4.69, 9.17) is 0 Å². The van der Waals surface area contributed by atoms with Gasteiger partial charge in [0.25, 0.3) is 0 Å². The molecule has 0 unspecified atom stereocenters. The van der Waals surface area contributed by atoms with Crippen molar-refractivity contribution in [3.05, 3.63) is 35.4 Å². The average molecular weight is 329 g/mol. The van der Waals surface area contributed by atoms with Crippen molar-refractivity contribution in [2.45, 2.75) is 51.4 Å². The molecule has 1 N–H and O–H groups in total. The Kier molecular flexibility index (Phi) is 5.54. The third kappa shape index (κ3) is 4.16. The molecule has 4 nitrogen and oxygen atoms in total. The predicted molar refractivity (Wildman–Crippen MR) is 93.0 cm³/mol. The number of carboxylic acid groups (broad SMARTS) is 1. The zero-order chi connectivity index (χ0) is 16.9. The summed E-state index contributed by atoms with van der Waals surface area (Å²) in [5.41, 5.74) is 1.33. The van der Waals surface area contributed by atoms with E-state index in [1.54, 1.807) is 12.1 Å². The maximum absolute atomic E-state index is 12.3. The maximum Gasteiger partial charge on any atom is 0.335 e. The molecule has 1 aromatic carbocycles. The van der Waals surface area contributed by atoms with E-state index in [9.17, 15) is 14.7 Å². The number of amides is 1. The SMILES string of the molecule is O=C(O)c1ccccc1CC1CCN(C(=O)CCC2CCC2)CC1. The van der Waals surface area contributed by atoms with E-state index >= 15 is 0 Å². The third-order valence-electron chi connectivity index (χ3n) is 5.71. The van der Waals surface area contributed by atoms with Crippen molar-refractivity contribution in [3.8, 4) is 0 Å². The van der Waals surface area contributed by atoms with E-state index in [1.807, 2.05) is 17.0 Å². The third-order valence-corrected chi connectivity index (χ3v) is 5.71. The van der Waals surface area contributed by atoms with Crippen molar-refractivity contribution in [1.82, 2.24) is 4.90 Å². The lowest BCUT2D eigenvalue weighted by Crippen LogP contribution is -2.39. The topological polar surface area (TPSA) is 57.6 Å². The number of piperidine rings is 1. The summed E-state index contributed by atoms with van der Waals surface area (Å²) < 4.78 is 0. The Bertz CT molecular complexity index is 586. The van der Waals surface area contributed by atoms with Crippen molar-refractivity contribution in [2.24, 2.45) is 11.8 Å². The lowest BCUT2D eigenvalue weighted by Gasteiger charge is -2.33. The van der Waals surface area contributed by atoms with E-state index in [0.29, 0.717) is 23.8 Å². The molecule has 1 aromatic rings. The number of aromatic carboxylic acids is 1. The molecule has 2 fully saturated rings. The summed E-state index contributed by atoms with van der Waals surface area (Å²) in [7, 11) is 0. The van der Waals surface area contributed by atoms with Gasteiger partial charge in [0.15, 0.2) is 0 Å². The second-order valence-electron chi connectivity index (χ2n) is 7.33. The standard InChI is InChI=1S/C20H27NO3/c22-19(9-8-15-4-3-5-15)21-12-10-16(11-13-21)14-17-6-1-2-7-18(17)20(23)24/h1-2,6-7,15-16H,3-5,8-14H2,(H,23,24). The number of hydrogen-bond acceptors (Lipinski definition) is 2. The molecular formula is C20H27NO3. The number of carbonyl (C=O) groups is 2. The van der Waals surface area contributed by atoms with Gasteiger partial charge in [0.05, 0.1) is 5.56 Å². The predicted octanol–water partition coefficient (Wildman–Crippen LogP) is 3.75. The highest BCUT2D eigenvalue weighted by Crippen LogP contribution is 2.31. The Morgan fingerprint density at radius 2 is 1.75 bits per heavy atom. The Hall–Kier alpha value is -1.84. The molecular weight excluding hydrogens is 302 g/mol. The number of carbonyl (C=O) groups excluding carboxylic acids is 1. The van der Waals surface area contributed by atoms with Gasteiger partial charge in [0.1, 0.15) is 0 Å². The zero-order valence-electron chi connectivity index (χ0n) is 14.2. The molecule has 3 rings (SSSR count). The first kappa shape index (κ1) is 17.0. The van der Waals surface area contributed by atoms with Crippen LogP contribution in [0.1, 0.15) is 60.9 Å². The fourth-order valence-electron chi connectivity index (χ4n) is 3.87. The maximum atomic E-state index is 12.3. The fourth-order valence-corrected chi connectivity index (χ4v) is 3.87. The van der Waals surface area contributed by atoms with E-state index in [1.165, 1.54) is 19.3 Å². The average Bonchev–Trinajstić information content (AvgIpc) is 2.54. The van der Waals surface area contributed by atoms with Crippen LogP contribution in [0.2, 0.25) is 0 Å². The number of likely N-dealkylation sites (tertiary alicyclic amines) is 1. The van der Waals surface area contributed by atoms with Gasteiger partial charge in [-0.1, -0.05) is 37.5 Å². The summed E-state index contributed by atoms with van der Waals surface area (Å²) in [6.07, 6.45) is 8.46. The largest absolute Gasteiger partial charge is 0.478 e. The van der Waals surface area contributed by atoms with Gasteiger partial charge in [-0.2, -0.15) is 0 Å². The van der Waals surface area contributed by atoms with Crippen LogP contribution in [0.15, 0.2) is 24.3 Å². The van der Waals surface area contributed by atoms with Crippen LogP contribution in [0, 0.1) is 11.8 Å². The van der Waals surface area contributed by atoms with Crippen LogP contribution in [-0.2, 0) is 11.2 Å². The summed E-state index contributed by atoms with van der Waals surface area (Å²) in [6.45, 7) is 1.65. The molecule has 1 heterocycles. The van der Waals surface area contributed by atoms with Gasteiger partial charge in [0, 0.05) is 19.5 Å². The van der Waals surface area contributed by atoms with Gasteiger partial charge < -0.3 is 10.0 Å². The molecule has 0 radical (unpaired) electrons. The molecule has 2 aliphatic rings. The fraction of sp³-hybridized carbons (Fsp3) is 0.600. The summed E-state index contributed by atoms with van der Waals surface area (Å²) in [5.74, 6) is 0.723. The highest BCUT2D eigenvalue weighted by atomic mass is 16.4. The van der Waals surface area contributed by atoms with Gasteiger partial charge in [-0.15, -0.1) is 0 Å². The molecule has 1 aliphatic heterocycles. The van der Waals surface area contributed by atoms with Gasteiger partial charge in [-0.05, 0) is 49.1 Å². The Labute approximate surface area is 143 Å². The molecule has 1 saturated heterocycles. The molecule has 130 valence electrons. The minimum atomic E-state index is -0.853. The van der Waals surface area contributed by atoms with Crippen LogP contribution in [0.3, 0.4) is 0 Å². The highest BCUT2D eigenvalue weighted by Gasteiger charge is 2.25. The molecule has 24 heavy (non-hydrogen) atoms. The Balaban J connectivity index is 1.46. The quantitative estimate of drug-likeness (QED) is 0.865. The van der Waals surface area contributed by atoms with Gasteiger partial charge in [-0.25, -0.2) is 4.79 Å². The highest BCUT2D eigenvalue weighted by molar-refractivity contribution is 5.89. The van der Waals surface area contributed by atoms with Crippen molar-refractivity contribution < 1.29 is 14.7 Å². The number of carboxylic acids is 1. The first-order valence-corrected chi connectivity index (χ1v) is 9.22.